The van der Waals surface area contributed by atoms with Gasteiger partial charge >= 0.3 is 11.9 Å². The summed E-state index contributed by atoms with van der Waals surface area (Å²) in [4.78, 5) is 24.4. The summed E-state index contributed by atoms with van der Waals surface area (Å²) in [6.07, 6.45) is 3.67. The van der Waals surface area contributed by atoms with E-state index in [1.807, 2.05) is 0 Å². The van der Waals surface area contributed by atoms with E-state index in [1.54, 1.807) is 0 Å². The summed E-state index contributed by atoms with van der Waals surface area (Å²) >= 11 is 7.45. The number of rotatable bonds is 0. The van der Waals surface area contributed by atoms with Crippen LogP contribution in [0.1, 0.15) is 25.7 Å². The molecule has 0 aromatic heterocycles. The summed E-state index contributed by atoms with van der Waals surface area (Å²) in [5, 5.41) is 0. The Morgan fingerprint density at radius 2 is 1.29 bits per heavy atom. The number of carbonyl (C=O) groups excluding carboxylic acids is 2. The Morgan fingerprint density at radius 3 is 1.76 bits per heavy atom. The molecule has 3 rings (SSSR count). The zero-order chi connectivity index (χ0) is 12.2. The maximum absolute atomic E-state index is 11.8. The number of halogens is 2. The van der Waals surface area contributed by atoms with E-state index in [1.165, 1.54) is 0 Å². The lowest BCUT2D eigenvalue weighted by molar-refractivity contribution is -0.182. The monoisotopic (exact) mass is 364 g/mol. The van der Waals surface area contributed by atoms with E-state index in [2.05, 4.69) is 31.9 Å². The third-order valence-corrected chi connectivity index (χ3v) is 6.66. The van der Waals surface area contributed by atoms with Crippen molar-refractivity contribution < 1.29 is 14.3 Å². The van der Waals surface area contributed by atoms with Gasteiger partial charge in [-0.3, -0.25) is 9.59 Å². The van der Waals surface area contributed by atoms with Crippen LogP contribution in [0.3, 0.4) is 0 Å². The molecule has 17 heavy (non-hydrogen) atoms. The molecule has 1 saturated heterocycles. The van der Waals surface area contributed by atoms with Gasteiger partial charge in [0, 0.05) is 9.65 Å². The Labute approximate surface area is 117 Å². The highest BCUT2D eigenvalue weighted by Gasteiger charge is 2.56. The van der Waals surface area contributed by atoms with Gasteiger partial charge in [0.2, 0.25) is 0 Å². The van der Waals surface area contributed by atoms with E-state index >= 15 is 0 Å². The number of alkyl halides is 2. The summed E-state index contributed by atoms with van der Waals surface area (Å²) in [7, 11) is 0. The third-order valence-electron chi connectivity index (χ3n) is 4.52. The first-order valence-corrected chi connectivity index (χ1v) is 7.96. The smallest absolute Gasteiger partial charge is 0.316 e. The van der Waals surface area contributed by atoms with Crippen molar-refractivity contribution in [3.05, 3.63) is 0 Å². The van der Waals surface area contributed by atoms with Crippen LogP contribution in [-0.2, 0) is 14.3 Å². The zero-order valence-corrected chi connectivity index (χ0v) is 12.4. The summed E-state index contributed by atoms with van der Waals surface area (Å²) in [5.74, 6) is -0.137. The second-order valence-corrected chi connectivity index (χ2v) is 7.65. The second-order valence-electron chi connectivity index (χ2n) is 5.29. The van der Waals surface area contributed by atoms with Crippen molar-refractivity contribution in [2.75, 3.05) is 0 Å². The first-order valence-electron chi connectivity index (χ1n) is 6.13. The molecule has 3 fully saturated rings. The van der Waals surface area contributed by atoms with E-state index < -0.39 is 0 Å². The largest absolute Gasteiger partial charge is 0.393 e. The van der Waals surface area contributed by atoms with Gasteiger partial charge in [0.05, 0.1) is 11.8 Å². The number of cyclic esters (lactones) is 2. The van der Waals surface area contributed by atoms with Crippen molar-refractivity contribution in [1.82, 2.24) is 0 Å². The zero-order valence-electron chi connectivity index (χ0n) is 9.27. The van der Waals surface area contributed by atoms with Crippen molar-refractivity contribution in [1.29, 1.82) is 0 Å². The van der Waals surface area contributed by atoms with Gasteiger partial charge < -0.3 is 4.74 Å². The number of hydrogen-bond acceptors (Lipinski definition) is 3. The van der Waals surface area contributed by atoms with Gasteiger partial charge in [0.15, 0.2) is 0 Å². The van der Waals surface area contributed by atoms with E-state index in [4.69, 9.17) is 4.74 Å². The van der Waals surface area contributed by atoms with Crippen LogP contribution in [0, 0.1) is 23.7 Å². The second kappa shape index (κ2) is 4.34. The lowest BCUT2D eigenvalue weighted by Gasteiger charge is -2.50. The van der Waals surface area contributed by atoms with Crippen molar-refractivity contribution in [3.8, 4) is 0 Å². The fourth-order valence-corrected chi connectivity index (χ4v) is 6.15. The molecule has 3 aliphatic rings. The Hall–Kier alpha value is 0.1000. The van der Waals surface area contributed by atoms with E-state index in [0.717, 1.165) is 25.7 Å². The maximum Gasteiger partial charge on any atom is 0.316 e. The number of esters is 2. The van der Waals surface area contributed by atoms with Gasteiger partial charge in [-0.2, -0.15) is 0 Å². The van der Waals surface area contributed by atoms with Crippen molar-refractivity contribution in [2.24, 2.45) is 23.7 Å². The molecule has 2 aliphatic carbocycles. The summed E-state index contributed by atoms with van der Waals surface area (Å²) in [6, 6.07) is 0. The van der Waals surface area contributed by atoms with Crippen LogP contribution in [0.15, 0.2) is 0 Å². The average Bonchev–Trinajstić information content (AvgIpc) is 2.28. The fraction of sp³-hybridized carbons (Fsp3) is 0.833. The van der Waals surface area contributed by atoms with Crippen LogP contribution >= 0.6 is 31.9 Å². The topological polar surface area (TPSA) is 43.4 Å². The molecule has 2 saturated carbocycles. The predicted octanol–water partition coefficient (Wildman–Crippen LogP) is 2.65. The molecule has 5 heteroatoms. The van der Waals surface area contributed by atoms with Gasteiger partial charge in [-0.05, 0) is 37.5 Å². The van der Waals surface area contributed by atoms with Gasteiger partial charge in [-0.25, -0.2) is 0 Å². The molecule has 4 atom stereocenters. The van der Waals surface area contributed by atoms with Crippen LogP contribution in [0.2, 0.25) is 0 Å². The van der Waals surface area contributed by atoms with Crippen molar-refractivity contribution >= 4 is 43.8 Å². The van der Waals surface area contributed by atoms with E-state index in [0.29, 0.717) is 15.6 Å². The molecule has 0 bridgehead atoms. The standard InChI is InChI=1S/C12H14Br2O3/c13-7-3-1-5-9-6(12(16)17-11(5)15)2-4-8(14)10(7)9/h5-10H,1-4H2. The van der Waals surface area contributed by atoms with Crippen LogP contribution in [0.4, 0.5) is 0 Å². The average molecular weight is 366 g/mol. The molecule has 0 spiro atoms. The predicted molar refractivity (Wildman–Crippen MR) is 69.0 cm³/mol. The van der Waals surface area contributed by atoms with Gasteiger partial charge in [-0.15, -0.1) is 0 Å². The summed E-state index contributed by atoms with van der Waals surface area (Å²) < 4.78 is 4.90. The quantitative estimate of drug-likeness (QED) is 0.376. The lowest BCUT2D eigenvalue weighted by Crippen LogP contribution is -2.55. The highest BCUT2D eigenvalue weighted by Crippen LogP contribution is 2.53. The van der Waals surface area contributed by atoms with E-state index in [-0.39, 0.29) is 29.7 Å². The minimum Gasteiger partial charge on any atom is -0.393 e. The molecular formula is C12H14Br2O3. The van der Waals surface area contributed by atoms with Gasteiger partial charge in [-0.1, -0.05) is 31.9 Å². The maximum atomic E-state index is 11.8. The first-order chi connectivity index (χ1) is 8.09. The highest BCUT2D eigenvalue weighted by molar-refractivity contribution is 9.10. The van der Waals surface area contributed by atoms with Gasteiger partial charge in [0.1, 0.15) is 0 Å². The molecule has 0 radical (unpaired) electrons. The molecule has 94 valence electrons. The molecule has 4 unspecified atom stereocenters. The lowest BCUT2D eigenvalue weighted by atomic mass is 9.60. The minimum absolute atomic E-state index is 0.0585. The molecule has 3 nitrogen and oxygen atoms in total. The molecule has 1 aliphatic heterocycles. The molecule has 1 heterocycles. The van der Waals surface area contributed by atoms with Crippen molar-refractivity contribution in [3.63, 3.8) is 0 Å². The molecule has 0 aromatic carbocycles. The molecule has 0 aromatic rings. The van der Waals surface area contributed by atoms with Crippen LogP contribution in [0.5, 0.6) is 0 Å². The fourth-order valence-electron chi connectivity index (χ4n) is 3.77. The third kappa shape index (κ3) is 1.81. The summed E-state index contributed by atoms with van der Waals surface area (Å²) in [6.45, 7) is 0. The first kappa shape index (κ1) is 12.2. The molecular weight excluding hydrogens is 352 g/mol. The minimum atomic E-state index is -0.290. The number of ether oxygens (including phenoxy) is 1. The van der Waals surface area contributed by atoms with Crippen LogP contribution in [0.25, 0.3) is 0 Å². The van der Waals surface area contributed by atoms with Crippen molar-refractivity contribution in [2.45, 2.75) is 35.3 Å². The SMILES string of the molecule is O=C1OC(=O)C2CCC(Br)C3C(Br)CCC1C23. The van der Waals surface area contributed by atoms with E-state index in [9.17, 15) is 9.59 Å². The molecule has 0 N–H and O–H groups in total. The van der Waals surface area contributed by atoms with Crippen LogP contribution in [-0.4, -0.2) is 21.6 Å². The van der Waals surface area contributed by atoms with Crippen LogP contribution < -0.4 is 0 Å². The molecule has 0 amide bonds. The summed E-state index contributed by atoms with van der Waals surface area (Å²) in [5.41, 5.74) is 0. The van der Waals surface area contributed by atoms with Gasteiger partial charge in [0.25, 0.3) is 0 Å². The number of carbonyl (C=O) groups is 2. The Morgan fingerprint density at radius 1 is 0.824 bits per heavy atom. The number of hydrogen-bond donors (Lipinski definition) is 0. The normalized spacial score (nSPS) is 49.5. The Bertz CT molecular complexity index is 339. The Balaban J connectivity index is 1.98. The Kier molecular flexibility index (Phi) is 3.10. The highest BCUT2D eigenvalue weighted by atomic mass is 79.9.